The number of amides is 3. The number of carbonyl (C=O) groups is 2. The Morgan fingerprint density at radius 1 is 1.07 bits per heavy atom. The second-order valence-electron chi connectivity index (χ2n) is 10.8. The first kappa shape index (κ1) is 31.0. The molecule has 4 rings (SSSR count). The number of para-hydroxylation sites is 1. The van der Waals surface area contributed by atoms with Crippen molar-refractivity contribution in [3.05, 3.63) is 83.9 Å². The van der Waals surface area contributed by atoms with Crippen molar-refractivity contribution in [3.63, 3.8) is 0 Å². The van der Waals surface area contributed by atoms with Crippen LogP contribution in [0.1, 0.15) is 25.0 Å². The second-order valence-corrected chi connectivity index (χ2v) is 12.8. The van der Waals surface area contributed by atoms with Crippen molar-refractivity contribution >= 4 is 33.3 Å². The molecule has 1 heterocycles. The number of sulfonamides is 1. The third kappa shape index (κ3) is 7.47. The Hall–Kier alpha value is -3.93. The first-order chi connectivity index (χ1) is 20.0. The highest BCUT2D eigenvalue weighted by molar-refractivity contribution is 7.89. The molecule has 3 atom stereocenters. The Morgan fingerprint density at radius 3 is 2.40 bits per heavy atom. The Bertz CT molecular complexity index is 1500. The Balaban J connectivity index is 1.62. The van der Waals surface area contributed by atoms with Gasteiger partial charge in [0.2, 0.25) is 15.9 Å². The maximum Gasteiger partial charge on any atom is 0.323 e. The van der Waals surface area contributed by atoms with Crippen molar-refractivity contribution in [1.29, 1.82) is 0 Å². The summed E-state index contributed by atoms with van der Waals surface area (Å²) in [5, 5.41) is 15.4. The van der Waals surface area contributed by atoms with E-state index in [9.17, 15) is 23.1 Å². The number of carbonyl (C=O) groups excluding carboxylic acids is 2. The Labute approximate surface area is 247 Å². The zero-order valence-corrected chi connectivity index (χ0v) is 25.1. The molecule has 0 saturated heterocycles. The minimum absolute atomic E-state index is 0.0214. The van der Waals surface area contributed by atoms with Crippen LogP contribution in [0.3, 0.4) is 0 Å². The summed E-state index contributed by atoms with van der Waals surface area (Å²) >= 11 is 0. The number of aliphatic hydroxyl groups is 1. The quantitative estimate of drug-likeness (QED) is 0.360. The number of urea groups is 1. The molecular formula is C31H38N4O6S. The van der Waals surface area contributed by atoms with Crippen LogP contribution in [0.15, 0.2) is 77.7 Å². The number of hydrogen-bond donors (Lipinski definition) is 3. The largest absolute Gasteiger partial charge is 0.488 e. The number of benzene rings is 3. The number of aliphatic hydroxyl groups excluding tert-OH is 1. The molecule has 3 amide bonds. The first-order valence-corrected chi connectivity index (χ1v) is 15.3. The highest BCUT2D eigenvalue weighted by Crippen LogP contribution is 2.30. The van der Waals surface area contributed by atoms with E-state index in [0.29, 0.717) is 22.7 Å². The van der Waals surface area contributed by atoms with E-state index in [1.165, 1.54) is 11.4 Å². The third-order valence-electron chi connectivity index (χ3n) is 7.37. The third-order valence-corrected chi connectivity index (χ3v) is 9.21. The van der Waals surface area contributed by atoms with Crippen LogP contribution in [0.4, 0.5) is 16.2 Å². The molecular weight excluding hydrogens is 556 g/mol. The van der Waals surface area contributed by atoms with Gasteiger partial charge in [-0.05, 0) is 56.3 Å². The van der Waals surface area contributed by atoms with E-state index in [1.807, 2.05) is 32.0 Å². The van der Waals surface area contributed by atoms with Crippen molar-refractivity contribution in [2.24, 2.45) is 5.92 Å². The van der Waals surface area contributed by atoms with Gasteiger partial charge in [-0.15, -0.1) is 0 Å². The van der Waals surface area contributed by atoms with Gasteiger partial charge in [0, 0.05) is 36.4 Å². The van der Waals surface area contributed by atoms with Crippen molar-refractivity contribution < 1.29 is 27.9 Å². The van der Waals surface area contributed by atoms with Gasteiger partial charge in [0.05, 0.1) is 30.5 Å². The van der Waals surface area contributed by atoms with E-state index >= 15 is 0 Å². The van der Waals surface area contributed by atoms with E-state index in [2.05, 4.69) is 10.6 Å². The maximum absolute atomic E-state index is 13.5. The van der Waals surface area contributed by atoms with Crippen LogP contribution in [-0.4, -0.2) is 73.6 Å². The number of fused-ring (bicyclic) bond motifs is 1. The van der Waals surface area contributed by atoms with Gasteiger partial charge in [0.15, 0.2) is 0 Å². The first-order valence-electron chi connectivity index (χ1n) is 13.8. The van der Waals surface area contributed by atoms with E-state index in [1.54, 1.807) is 66.4 Å². The van der Waals surface area contributed by atoms with Crippen LogP contribution in [0.2, 0.25) is 0 Å². The van der Waals surface area contributed by atoms with Crippen molar-refractivity contribution in [1.82, 2.24) is 9.21 Å². The lowest BCUT2D eigenvalue weighted by molar-refractivity contribution is -0.134. The second kappa shape index (κ2) is 13.4. The molecule has 10 nitrogen and oxygen atoms in total. The van der Waals surface area contributed by atoms with Crippen LogP contribution in [0.5, 0.6) is 5.75 Å². The standard InChI is InChI=1S/C31H38N4O6S/c1-21-10-13-27(14-11-21)42(39,40)34(4)19-29-22(2)18-35(23(3)20-36)30(37)17-24-16-26(12-15-28(24)41-29)33-31(38)32-25-8-6-5-7-9-25/h5-16,22-23,29,36H,17-20H2,1-4H3,(H2,32,33,38)/t22-,23-,29-/m1/s1. The van der Waals surface area contributed by atoms with Crippen LogP contribution in [0, 0.1) is 12.8 Å². The normalized spacial score (nSPS) is 18.2. The van der Waals surface area contributed by atoms with Gasteiger partial charge >= 0.3 is 6.03 Å². The Kier molecular flexibility index (Phi) is 9.87. The number of nitrogens with one attached hydrogen (secondary N) is 2. The Morgan fingerprint density at radius 2 is 1.74 bits per heavy atom. The molecule has 1 aliphatic heterocycles. The predicted octanol–water partition coefficient (Wildman–Crippen LogP) is 4.11. The molecule has 0 saturated carbocycles. The number of aryl methyl sites for hydroxylation is 1. The van der Waals surface area contributed by atoms with Crippen molar-refractivity contribution in [3.8, 4) is 5.75 Å². The fourth-order valence-electron chi connectivity index (χ4n) is 4.78. The summed E-state index contributed by atoms with van der Waals surface area (Å²) in [7, 11) is -2.29. The van der Waals surface area contributed by atoms with Gasteiger partial charge in [0.1, 0.15) is 11.9 Å². The predicted molar refractivity (Wildman–Crippen MR) is 162 cm³/mol. The fraction of sp³-hybridized carbons (Fsp3) is 0.355. The lowest BCUT2D eigenvalue weighted by Crippen LogP contribution is -2.48. The number of hydrogen-bond acceptors (Lipinski definition) is 6. The average Bonchev–Trinajstić information content (AvgIpc) is 3.00. The molecule has 42 heavy (non-hydrogen) atoms. The van der Waals surface area contributed by atoms with E-state index < -0.39 is 28.2 Å². The highest BCUT2D eigenvalue weighted by atomic mass is 32.2. The number of anilines is 2. The van der Waals surface area contributed by atoms with Crippen LogP contribution < -0.4 is 15.4 Å². The smallest absolute Gasteiger partial charge is 0.323 e. The zero-order valence-electron chi connectivity index (χ0n) is 24.3. The summed E-state index contributed by atoms with van der Waals surface area (Å²) in [5.74, 6) is -0.0618. The summed E-state index contributed by atoms with van der Waals surface area (Å²) in [5.41, 5.74) is 2.58. The number of rotatable bonds is 8. The molecule has 11 heteroatoms. The van der Waals surface area contributed by atoms with Gasteiger partial charge in [0.25, 0.3) is 0 Å². The summed E-state index contributed by atoms with van der Waals surface area (Å²) < 4.78 is 34.4. The molecule has 1 aliphatic rings. The van der Waals surface area contributed by atoms with Crippen LogP contribution >= 0.6 is 0 Å². The molecule has 0 spiro atoms. The number of ether oxygens (including phenoxy) is 1. The number of likely N-dealkylation sites (N-methyl/N-ethyl adjacent to an activating group) is 1. The van der Waals surface area contributed by atoms with E-state index in [-0.39, 0.29) is 42.8 Å². The highest BCUT2D eigenvalue weighted by Gasteiger charge is 2.33. The average molecular weight is 595 g/mol. The molecule has 3 aromatic carbocycles. The molecule has 0 unspecified atom stereocenters. The zero-order chi connectivity index (χ0) is 30.4. The van der Waals surface area contributed by atoms with E-state index in [4.69, 9.17) is 4.74 Å². The van der Waals surface area contributed by atoms with Gasteiger partial charge in [-0.2, -0.15) is 4.31 Å². The summed E-state index contributed by atoms with van der Waals surface area (Å²) in [6.45, 7) is 5.63. The van der Waals surface area contributed by atoms with Crippen molar-refractivity contribution in [2.75, 3.05) is 37.4 Å². The topological polar surface area (TPSA) is 128 Å². The fourth-order valence-corrected chi connectivity index (χ4v) is 5.96. The molecule has 0 radical (unpaired) electrons. The van der Waals surface area contributed by atoms with Gasteiger partial charge in [-0.3, -0.25) is 4.79 Å². The maximum atomic E-state index is 13.5. The molecule has 224 valence electrons. The van der Waals surface area contributed by atoms with Crippen molar-refractivity contribution in [2.45, 2.75) is 44.2 Å². The molecule has 0 bridgehead atoms. The minimum atomic E-state index is -3.80. The molecule has 3 aromatic rings. The lowest BCUT2D eigenvalue weighted by atomic mass is 10.0. The van der Waals surface area contributed by atoms with Crippen LogP contribution in [-0.2, 0) is 21.2 Å². The molecule has 0 aromatic heterocycles. The molecule has 0 aliphatic carbocycles. The molecule has 0 fully saturated rings. The molecule has 3 N–H and O–H groups in total. The van der Waals surface area contributed by atoms with Gasteiger partial charge < -0.3 is 25.4 Å². The minimum Gasteiger partial charge on any atom is -0.488 e. The SMILES string of the molecule is Cc1ccc(S(=O)(=O)N(C)C[C@H]2Oc3ccc(NC(=O)Nc4ccccc4)cc3CC(=O)N([C@H](C)CO)C[C@H]2C)cc1. The lowest BCUT2D eigenvalue weighted by Gasteiger charge is -2.33. The summed E-state index contributed by atoms with van der Waals surface area (Å²) in [4.78, 5) is 27.8. The summed E-state index contributed by atoms with van der Waals surface area (Å²) in [6.07, 6.45) is -0.639. The van der Waals surface area contributed by atoms with Gasteiger partial charge in [-0.1, -0.05) is 42.8 Å². The van der Waals surface area contributed by atoms with Gasteiger partial charge in [-0.25, -0.2) is 13.2 Å². The van der Waals surface area contributed by atoms with E-state index in [0.717, 1.165) is 5.56 Å². The number of nitrogens with zero attached hydrogens (tertiary/aromatic N) is 2. The summed E-state index contributed by atoms with van der Waals surface area (Å²) in [6, 6.07) is 19.8. The monoisotopic (exact) mass is 594 g/mol. The van der Waals surface area contributed by atoms with Crippen LogP contribution in [0.25, 0.3) is 0 Å².